The van der Waals surface area contributed by atoms with Crippen molar-refractivity contribution < 1.29 is 0 Å². The van der Waals surface area contributed by atoms with Crippen LogP contribution in [0.3, 0.4) is 0 Å². The minimum atomic E-state index is 0.374. The maximum absolute atomic E-state index is 8.35. The SMILES string of the molecule is N#CN[C@@H]1CCCC[C@@H]1Br. The van der Waals surface area contributed by atoms with Gasteiger partial charge >= 0.3 is 0 Å². The highest BCUT2D eigenvalue weighted by Crippen LogP contribution is 2.23. The van der Waals surface area contributed by atoms with Gasteiger partial charge in [0.25, 0.3) is 0 Å². The summed E-state index contributed by atoms with van der Waals surface area (Å²) in [6.45, 7) is 0. The molecule has 0 aromatic heterocycles. The third-order valence-electron chi connectivity index (χ3n) is 1.93. The molecule has 1 fully saturated rings. The highest BCUT2D eigenvalue weighted by molar-refractivity contribution is 9.09. The van der Waals surface area contributed by atoms with Crippen molar-refractivity contribution in [3.05, 3.63) is 0 Å². The molecule has 1 aliphatic rings. The minimum Gasteiger partial charge on any atom is -0.320 e. The molecule has 56 valence electrons. The van der Waals surface area contributed by atoms with E-state index in [2.05, 4.69) is 21.2 Å². The monoisotopic (exact) mass is 202 g/mol. The molecule has 0 aromatic rings. The summed E-state index contributed by atoms with van der Waals surface area (Å²) in [5.41, 5.74) is 0. The van der Waals surface area contributed by atoms with Gasteiger partial charge in [-0.05, 0) is 12.8 Å². The first-order chi connectivity index (χ1) is 4.84. The number of hydrogen-bond donors (Lipinski definition) is 1. The van der Waals surface area contributed by atoms with Gasteiger partial charge in [-0.15, -0.1) is 0 Å². The summed E-state index contributed by atoms with van der Waals surface area (Å²) in [6.07, 6.45) is 6.85. The van der Waals surface area contributed by atoms with Crippen LogP contribution < -0.4 is 5.32 Å². The molecule has 0 amide bonds. The Kier molecular flexibility index (Phi) is 3.01. The van der Waals surface area contributed by atoms with E-state index in [1.807, 2.05) is 6.19 Å². The summed E-state index contributed by atoms with van der Waals surface area (Å²) in [6, 6.07) is 0.374. The smallest absolute Gasteiger partial charge is 0.176 e. The van der Waals surface area contributed by atoms with E-state index in [1.54, 1.807) is 0 Å². The van der Waals surface area contributed by atoms with Crippen molar-refractivity contribution in [2.75, 3.05) is 0 Å². The topological polar surface area (TPSA) is 35.8 Å². The van der Waals surface area contributed by atoms with Crippen molar-refractivity contribution in [3.8, 4) is 6.19 Å². The van der Waals surface area contributed by atoms with E-state index in [-0.39, 0.29) is 0 Å². The predicted octanol–water partition coefficient (Wildman–Crippen LogP) is 1.76. The normalized spacial score (nSPS) is 32.8. The minimum absolute atomic E-state index is 0.374. The molecule has 0 radical (unpaired) electrons. The first-order valence-corrected chi connectivity index (χ1v) is 4.55. The van der Waals surface area contributed by atoms with Crippen molar-refractivity contribution in [1.82, 2.24) is 5.32 Å². The quantitative estimate of drug-likeness (QED) is 0.400. The van der Waals surface area contributed by atoms with E-state index >= 15 is 0 Å². The molecule has 1 N–H and O–H groups in total. The summed E-state index contributed by atoms with van der Waals surface area (Å²) in [7, 11) is 0. The van der Waals surface area contributed by atoms with Crippen LogP contribution in [0.1, 0.15) is 25.7 Å². The Hall–Kier alpha value is -0.230. The maximum Gasteiger partial charge on any atom is 0.176 e. The number of nitrogens with one attached hydrogen (secondary N) is 1. The molecule has 0 heterocycles. The van der Waals surface area contributed by atoms with Gasteiger partial charge in [0.15, 0.2) is 6.19 Å². The van der Waals surface area contributed by atoms with Gasteiger partial charge in [0.05, 0.1) is 0 Å². The Balaban J connectivity index is 2.34. The third-order valence-corrected chi connectivity index (χ3v) is 3.03. The van der Waals surface area contributed by atoms with Crippen molar-refractivity contribution >= 4 is 15.9 Å². The van der Waals surface area contributed by atoms with Crippen LogP contribution in [-0.4, -0.2) is 10.9 Å². The predicted molar refractivity (Wildman–Crippen MR) is 43.7 cm³/mol. The Morgan fingerprint density at radius 2 is 2.10 bits per heavy atom. The fourth-order valence-corrected chi connectivity index (χ4v) is 2.05. The van der Waals surface area contributed by atoms with E-state index < -0.39 is 0 Å². The van der Waals surface area contributed by atoms with Crippen LogP contribution in [0.25, 0.3) is 0 Å². The van der Waals surface area contributed by atoms with E-state index in [1.165, 1.54) is 19.3 Å². The Bertz CT molecular complexity index is 141. The van der Waals surface area contributed by atoms with Gasteiger partial charge in [0.1, 0.15) is 0 Å². The second kappa shape index (κ2) is 3.82. The van der Waals surface area contributed by atoms with E-state index in [4.69, 9.17) is 5.26 Å². The third kappa shape index (κ3) is 1.88. The molecule has 0 unspecified atom stereocenters. The van der Waals surface area contributed by atoms with Gasteiger partial charge in [-0.2, -0.15) is 5.26 Å². The van der Waals surface area contributed by atoms with Crippen LogP contribution in [0.2, 0.25) is 0 Å². The van der Waals surface area contributed by atoms with E-state index in [0.29, 0.717) is 10.9 Å². The second-order valence-corrected chi connectivity index (χ2v) is 3.84. The Labute approximate surface area is 69.7 Å². The lowest BCUT2D eigenvalue weighted by Crippen LogP contribution is -2.36. The highest BCUT2D eigenvalue weighted by atomic mass is 79.9. The summed E-state index contributed by atoms with van der Waals surface area (Å²) >= 11 is 3.54. The van der Waals surface area contributed by atoms with Gasteiger partial charge in [0.2, 0.25) is 0 Å². The largest absolute Gasteiger partial charge is 0.320 e. The zero-order valence-corrected chi connectivity index (χ0v) is 7.39. The summed E-state index contributed by atoms with van der Waals surface area (Å²) < 4.78 is 0. The number of hydrogen-bond acceptors (Lipinski definition) is 2. The van der Waals surface area contributed by atoms with Crippen LogP contribution >= 0.6 is 15.9 Å². The van der Waals surface area contributed by atoms with Gasteiger partial charge < -0.3 is 5.32 Å². The van der Waals surface area contributed by atoms with Gasteiger partial charge in [0, 0.05) is 10.9 Å². The van der Waals surface area contributed by atoms with E-state index in [9.17, 15) is 0 Å². The fourth-order valence-electron chi connectivity index (χ4n) is 1.33. The number of nitriles is 1. The molecule has 10 heavy (non-hydrogen) atoms. The zero-order valence-electron chi connectivity index (χ0n) is 5.81. The molecule has 1 aliphatic carbocycles. The van der Waals surface area contributed by atoms with Crippen LogP contribution in [0.15, 0.2) is 0 Å². The number of alkyl halides is 1. The highest BCUT2D eigenvalue weighted by Gasteiger charge is 2.21. The van der Waals surface area contributed by atoms with Crippen LogP contribution in [0, 0.1) is 11.5 Å². The summed E-state index contributed by atoms with van der Waals surface area (Å²) in [5, 5.41) is 11.1. The zero-order chi connectivity index (χ0) is 7.40. The lowest BCUT2D eigenvalue weighted by Gasteiger charge is -2.25. The van der Waals surface area contributed by atoms with Crippen molar-refractivity contribution in [3.63, 3.8) is 0 Å². The van der Waals surface area contributed by atoms with Gasteiger partial charge in [-0.3, -0.25) is 0 Å². The molecule has 2 nitrogen and oxygen atoms in total. The first kappa shape index (κ1) is 7.87. The molecule has 2 atom stereocenters. The van der Waals surface area contributed by atoms with Crippen molar-refractivity contribution in [1.29, 1.82) is 5.26 Å². The molecule has 3 heteroatoms. The standard InChI is InChI=1S/C7H11BrN2/c8-6-3-1-2-4-7(6)10-5-9/h6-7,10H,1-4H2/t6-,7+/m0/s1. The molecule has 0 spiro atoms. The number of halogens is 1. The number of nitrogens with zero attached hydrogens (tertiary/aromatic N) is 1. The molecule has 0 aliphatic heterocycles. The maximum atomic E-state index is 8.35. The molecular weight excluding hydrogens is 192 g/mol. The van der Waals surface area contributed by atoms with Crippen LogP contribution in [0.5, 0.6) is 0 Å². The van der Waals surface area contributed by atoms with E-state index in [0.717, 1.165) is 6.42 Å². The molecule has 0 saturated heterocycles. The fraction of sp³-hybridized carbons (Fsp3) is 0.857. The first-order valence-electron chi connectivity index (χ1n) is 3.63. The molecule has 1 rings (SSSR count). The number of rotatable bonds is 1. The Morgan fingerprint density at radius 1 is 1.40 bits per heavy atom. The second-order valence-electron chi connectivity index (χ2n) is 2.66. The van der Waals surface area contributed by atoms with Crippen molar-refractivity contribution in [2.45, 2.75) is 36.6 Å². The molecular formula is C7H11BrN2. The average molecular weight is 203 g/mol. The van der Waals surface area contributed by atoms with Crippen LogP contribution in [-0.2, 0) is 0 Å². The van der Waals surface area contributed by atoms with Crippen LogP contribution in [0.4, 0.5) is 0 Å². The Morgan fingerprint density at radius 3 is 2.70 bits per heavy atom. The molecule has 0 bridgehead atoms. The lowest BCUT2D eigenvalue weighted by atomic mass is 9.96. The average Bonchev–Trinajstić information content (AvgIpc) is 1.94. The summed E-state index contributed by atoms with van der Waals surface area (Å²) in [5.74, 6) is 0. The molecule has 0 aromatic carbocycles. The van der Waals surface area contributed by atoms with Gasteiger partial charge in [-0.25, -0.2) is 0 Å². The summed E-state index contributed by atoms with van der Waals surface area (Å²) in [4.78, 5) is 0.501. The van der Waals surface area contributed by atoms with Gasteiger partial charge in [-0.1, -0.05) is 28.8 Å². The van der Waals surface area contributed by atoms with Crippen molar-refractivity contribution in [2.24, 2.45) is 0 Å². The lowest BCUT2D eigenvalue weighted by molar-refractivity contribution is 0.424. The molecule has 1 saturated carbocycles.